The number of aliphatic imine (C=N–C) groups is 1. The second-order valence-electron chi connectivity index (χ2n) is 5.74. The van der Waals surface area contributed by atoms with E-state index >= 15 is 0 Å². The molecular weight excluding hydrogens is 260 g/mol. The standard InChI is InChI=1S/C14H26N2S2/c1-4-14(2)9-10-18-13(16-14)15-11-5-7-12(17-3)8-6-11/h11-12H,4-10H2,1-3H3,(H,15,16). The van der Waals surface area contributed by atoms with Crippen molar-refractivity contribution in [2.45, 2.75) is 69.2 Å². The van der Waals surface area contributed by atoms with Gasteiger partial charge in [0.2, 0.25) is 0 Å². The van der Waals surface area contributed by atoms with E-state index in [-0.39, 0.29) is 5.54 Å². The lowest BCUT2D eigenvalue weighted by molar-refractivity contribution is 0.386. The Bertz CT molecular complexity index is 298. The summed E-state index contributed by atoms with van der Waals surface area (Å²) in [6, 6.07) is 0.572. The molecule has 18 heavy (non-hydrogen) atoms. The summed E-state index contributed by atoms with van der Waals surface area (Å²) in [6.45, 7) is 4.59. The zero-order chi connectivity index (χ0) is 13.0. The van der Waals surface area contributed by atoms with E-state index < -0.39 is 0 Å². The van der Waals surface area contributed by atoms with Crippen molar-refractivity contribution in [1.82, 2.24) is 5.32 Å². The molecule has 2 fully saturated rings. The molecule has 0 aromatic heterocycles. The Labute approximate surface area is 120 Å². The molecule has 0 amide bonds. The van der Waals surface area contributed by atoms with E-state index in [4.69, 9.17) is 4.99 Å². The van der Waals surface area contributed by atoms with Crippen molar-refractivity contribution in [2.75, 3.05) is 12.0 Å². The molecular formula is C14H26N2S2. The van der Waals surface area contributed by atoms with Crippen LogP contribution in [-0.4, -0.2) is 34.0 Å². The summed E-state index contributed by atoms with van der Waals surface area (Å²) >= 11 is 3.94. The SMILES string of the molecule is CCC1(C)CCSC(=NC2CCC(SC)CC2)N1. The van der Waals surface area contributed by atoms with Crippen LogP contribution in [0.2, 0.25) is 0 Å². The third-order valence-corrected chi connectivity index (χ3v) is 6.39. The quantitative estimate of drug-likeness (QED) is 0.851. The van der Waals surface area contributed by atoms with E-state index in [1.807, 2.05) is 23.5 Å². The van der Waals surface area contributed by atoms with Crippen LogP contribution in [0.1, 0.15) is 52.4 Å². The average molecular weight is 287 g/mol. The summed E-state index contributed by atoms with van der Waals surface area (Å²) in [5.74, 6) is 1.22. The summed E-state index contributed by atoms with van der Waals surface area (Å²) in [5.41, 5.74) is 0.278. The molecule has 2 nitrogen and oxygen atoms in total. The van der Waals surface area contributed by atoms with Crippen molar-refractivity contribution in [3.8, 4) is 0 Å². The normalized spacial score (nSPS) is 39.6. The maximum Gasteiger partial charge on any atom is 0.157 e. The van der Waals surface area contributed by atoms with E-state index in [1.54, 1.807) is 0 Å². The molecule has 1 aliphatic carbocycles. The van der Waals surface area contributed by atoms with Crippen molar-refractivity contribution >= 4 is 28.7 Å². The summed E-state index contributed by atoms with van der Waals surface area (Å²) in [5, 5.41) is 5.75. The molecule has 2 rings (SSSR count). The van der Waals surface area contributed by atoms with Crippen molar-refractivity contribution in [3.63, 3.8) is 0 Å². The van der Waals surface area contributed by atoms with Gasteiger partial charge in [-0.05, 0) is 51.7 Å². The monoisotopic (exact) mass is 286 g/mol. The van der Waals surface area contributed by atoms with Crippen LogP contribution in [0.5, 0.6) is 0 Å². The van der Waals surface area contributed by atoms with Gasteiger partial charge in [-0.2, -0.15) is 11.8 Å². The third-order valence-electron chi connectivity index (χ3n) is 4.36. The highest BCUT2D eigenvalue weighted by Crippen LogP contribution is 2.30. The number of rotatable bonds is 3. The van der Waals surface area contributed by atoms with Crippen molar-refractivity contribution < 1.29 is 0 Å². The second kappa shape index (κ2) is 6.56. The number of hydrogen-bond acceptors (Lipinski definition) is 3. The molecule has 2 aliphatic rings. The molecule has 1 saturated carbocycles. The minimum atomic E-state index is 0.278. The first-order valence-corrected chi connectivity index (χ1v) is 9.44. The Hall–Kier alpha value is 0.170. The Kier molecular flexibility index (Phi) is 5.31. The van der Waals surface area contributed by atoms with Gasteiger partial charge in [0, 0.05) is 16.5 Å². The summed E-state index contributed by atoms with van der Waals surface area (Å²) in [6.07, 6.45) is 9.93. The molecule has 1 aliphatic heterocycles. The topological polar surface area (TPSA) is 24.4 Å². The number of nitrogens with zero attached hydrogens (tertiary/aromatic N) is 1. The maximum absolute atomic E-state index is 4.97. The number of amidine groups is 1. The predicted molar refractivity (Wildman–Crippen MR) is 85.9 cm³/mol. The molecule has 1 atom stereocenters. The van der Waals surface area contributed by atoms with Gasteiger partial charge in [-0.3, -0.25) is 4.99 Å². The van der Waals surface area contributed by atoms with Gasteiger partial charge in [-0.25, -0.2) is 0 Å². The van der Waals surface area contributed by atoms with Crippen molar-refractivity contribution in [2.24, 2.45) is 4.99 Å². The summed E-state index contributed by atoms with van der Waals surface area (Å²) in [7, 11) is 0. The Balaban J connectivity index is 1.89. The Morgan fingerprint density at radius 2 is 2.11 bits per heavy atom. The fourth-order valence-corrected chi connectivity index (χ4v) is 4.67. The molecule has 1 heterocycles. The van der Waals surface area contributed by atoms with Crippen LogP contribution in [0.15, 0.2) is 4.99 Å². The number of thioether (sulfide) groups is 2. The van der Waals surface area contributed by atoms with Gasteiger partial charge in [0.25, 0.3) is 0 Å². The Morgan fingerprint density at radius 3 is 2.72 bits per heavy atom. The van der Waals surface area contributed by atoms with Gasteiger partial charge in [0.1, 0.15) is 0 Å². The smallest absolute Gasteiger partial charge is 0.157 e. The van der Waals surface area contributed by atoms with E-state index in [0.717, 1.165) is 5.25 Å². The highest BCUT2D eigenvalue weighted by molar-refractivity contribution is 8.13. The lowest BCUT2D eigenvalue weighted by Crippen LogP contribution is -2.48. The molecule has 1 unspecified atom stereocenters. The molecule has 0 radical (unpaired) electrons. The van der Waals surface area contributed by atoms with Gasteiger partial charge in [-0.15, -0.1) is 0 Å². The van der Waals surface area contributed by atoms with Crippen LogP contribution < -0.4 is 5.32 Å². The van der Waals surface area contributed by atoms with E-state index in [9.17, 15) is 0 Å². The van der Waals surface area contributed by atoms with Crippen LogP contribution in [0.3, 0.4) is 0 Å². The highest BCUT2D eigenvalue weighted by atomic mass is 32.2. The van der Waals surface area contributed by atoms with E-state index in [1.165, 1.54) is 49.4 Å². The molecule has 0 aromatic carbocycles. The zero-order valence-corrected chi connectivity index (χ0v) is 13.5. The summed E-state index contributed by atoms with van der Waals surface area (Å²) in [4.78, 5) is 4.97. The first kappa shape index (κ1) is 14.6. The fourth-order valence-electron chi connectivity index (χ4n) is 2.64. The molecule has 104 valence electrons. The first-order valence-electron chi connectivity index (χ1n) is 7.17. The number of hydrogen-bond donors (Lipinski definition) is 1. The molecule has 1 N–H and O–H groups in total. The lowest BCUT2D eigenvalue weighted by Gasteiger charge is -2.36. The average Bonchev–Trinajstić information content (AvgIpc) is 2.40. The molecule has 4 heteroatoms. The van der Waals surface area contributed by atoms with Crippen LogP contribution in [0.25, 0.3) is 0 Å². The second-order valence-corrected chi connectivity index (χ2v) is 7.96. The summed E-state index contributed by atoms with van der Waals surface area (Å²) < 4.78 is 0. The molecule has 0 aromatic rings. The number of nitrogens with one attached hydrogen (secondary N) is 1. The predicted octanol–water partition coefficient (Wildman–Crippen LogP) is 3.91. The maximum atomic E-state index is 4.97. The van der Waals surface area contributed by atoms with Gasteiger partial charge < -0.3 is 5.32 Å². The minimum absolute atomic E-state index is 0.278. The van der Waals surface area contributed by atoms with Crippen LogP contribution in [-0.2, 0) is 0 Å². The first-order chi connectivity index (χ1) is 8.65. The molecule has 0 bridgehead atoms. The molecule has 1 saturated heterocycles. The van der Waals surface area contributed by atoms with Gasteiger partial charge >= 0.3 is 0 Å². The van der Waals surface area contributed by atoms with Crippen LogP contribution in [0, 0.1) is 0 Å². The van der Waals surface area contributed by atoms with Crippen LogP contribution >= 0.6 is 23.5 Å². The lowest BCUT2D eigenvalue weighted by atomic mass is 9.95. The van der Waals surface area contributed by atoms with Gasteiger partial charge in [0.05, 0.1) is 6.04 Å². The molecule has 0 spiro atoms. The Morgan fingerprint density at radius 1 is 1.39 bits per heavy atom. The highest BCUT2D eigenvalue weighted by Gasteiger charge is 2.28. The third kappa shape index (κ3) is 3.83. The minimum Gasteiger partial charge on any atom is -0.360 e. The largest absolute Gasteiger partial charge is 0.360 e. The van der Waals surface area contributed by atoms with Gasteiger partial charge in [0.15, 0.2) is 5.17 Å². The van der Waals surface area contributed by atoms with Crippen molar-refractivity contribution in [3.05, 3.63) is 0 Å². The fraction of sp³-hybridized carbons (Fsp3) is 0.929. The van der Waals surface area contributed by atoms with Crippen molar-refractivity contribution in [1.29, 1.82) is 0 Å². The van der Waals surface area contributed by atoms with E-state index in [0.29, 0.717) is 6.04 Å². The van der Waals surface area contributed by atoms with E-state index in [2.05, 4.69) is 25.4 Å². The van der Waals surface area contributed by atoms with Crippen LogP contribution in [0.4, 0.5) is 0 Å². The zero-order valence-electron chi connectivity index (χ0n) is 11.9. The van der Waals surface area contributed by atoms with Gasteiger partial charge in [-0.1, -0.05) is 18.7 Å².